The van der Waals surface area contributed by atoms with E-state index in [0.717, 1.165) is 18.4 Å². The van der Waals surface area contributed by atoms with E-state index in [9.17, 15) is 0 Å². The summed E-state index contributed by atoms with van der Waals surface area (Å²) in [5.74, 6) is 1.53. The molecule has 0 fully saturated rings. The predicted molar refractivity (Wildman–Crippen MR) is 88.1 cm³/mol. The first-order chi connectivity index (χ1) is 8.80. The maximum Gasteiger partial charge on any atom is 0.00966 e. The zero-order chi connectivity index (χ0) is 14.5. The summed E-state index contributed by atoms with van der Waals surface area (Å²) in [5.41, 5.74) is 0.221. The zero-order valence-electron chi connectivity index (χ0n) is 13.5. The van der Waals surface area contributed by atoms with Crippen molar-refractivity contribution in [1.29, 1.82) is 0 Å². The molecule has 1 nitrogen and oxygen atoms in total. The lowest BCUT2D eigenvalue weighted by Crippen LogP contribution is -2.39. The molecule has 0 saturated heterocycles. The number of nitrogens with one attached hydrogen (secondary N) is 1. The summed E-state index contributed by atoms with van der Waals surface area (Å²) in [5, 5.41) is 3.67. The molecule has 2 heteroatoms. The van der Waals surface area contributed by atoms with Crippen molar-refractivity contribution in [1.82, 2.24) is 5.32 Å². The van der Waals surface area contributed by atoms with Crippen LogP contribution in [0.3, 0.4) is 0 Å². The third-order valence-corrected chi connectivity index (χ3v) is 4.53. The van der Waals surface area contributed by atoms with Crippen LogP contribution in [0.15, 0.2) is 12.1 Å². The minimum Gasteiger partial charge on any atom is -0.312 e. The minimum atomic E-state index is 0.221. The molecule has 0 spiro atoms. The van der Waals surface area contributed by atoms with E-state index in [-0.39, 0.29) is 5.54 Å². The van der Waals surface area contributed by atoms with Gasteiger partial charge in [0.15, 0.2) is 0 Å². The van der Waals surface area contributed by atoms with Crippen molar-refractivity contribution in [2.45, 2.75) is 66.3 Å². The van der Waals surface area contributed by atoms with Gasteiger partial charge in [-0.3, -0.25) is 0 Å². The van der Waals surface area contributed by atoms with Crippen molar-refractivity contribution < 1.29 is 0 Å². The molecule has 1 unspecified atom stereocenters. The molecule has 110 valence electrons. The molecule has 1 rings (SSSR count). The Kier molecular flexibility index (Phi) is 6.55. The van der Waals surface area contributed by atoms with Gasteiger partial charge in [0.1, 0.15) is 0 Å². The van der Waals surface area contributed by atoms with E-state index in [4.69, 9.17) is 0 Å². The first-order valence-corrected chi connectivity index (χ1v) is 8.44. The van der Waals surface area contributed by atoms with Crippen molar-refractivity contribution in [2.75, 3.05) is 6.54 Å². The van der Waals surface area contributed by atoms with Gasteiger partial charge in [-0.15, -0.1) is 11.3 Å². The number of hydrogen-bond acceptors (Lipinski definition) is 2. The first-order valence-electron chi connectivity index (χ1n) is 7.62. The van der Waals surface area contributed by atoms with Gasteiger partial charge in [-0.1, -0.05) is 20.8 Å². The van der Waals surface area contributed by atoms with E-state index < -0.39 is 0 Å². The van der Waals surface area contributed by atoms with Crippen LogP contribution in [0.2, 0.25) is 0 Å². The van der Waals surface area contributed by atoms with Crippen LogP contribution in [-0.4, -0.2) is 12.1 Å². The van der Waals surface area contributed by atoms with Crippen LogP contribution in [0, 0.1) is 11.8 Å². The van der Waals surface area contributed by atoms with Crippen molar-refractivity contribution in [3.05, 3.63) is 21.9 Å². The van der Waals surface area contributed by atoms with Crippen molar-refractivity contribution >= 4 is 11.3 Å². The molecule has 0 bridgehead atoms. The van der Waals surface area contributed by atoms with Gasteiger partial charge in [-0.25, -0.2) is 0 Å². The second kappa shape index (κ2) is 7.44. The number of thiophene rings is 1. The fourth-order valence-corrected chi connectivity index (χ4v) is 3.43. The molecule has 0 aliphatic heterocycles. The number of hydrogen-bond donors (Lipinski definition) is 1. The van der Waals surface area contributed by atoms with Gasteiger partial charge in [0, 0.05) is 15.3 Å². The molecule has 0 radical (unpaired) electrons. The second-order valence-electron chi connectivity index (χ2n) is 7.05. The summed E-state index contributed by atoms with van der Waals surface area (Å²) < 4.78 is 0. The second-order valence-corrected chi connectivity index (χ2v) is 8.31. The molecule has 0 aromatic carbocycles. The Balaban J connectivity index is 2.58. The molecule has 0 saturated carbocycles. The van der Waals surface area contributed by atoms with E-state index >= 15 is 0 Å². The average Bonchev–Trinajstić information content (AvgIpc) is 2.72. The fourth-order valence-electron chi connectivity index (χ4n) is 2.36. The summed E-state index contributed by atoms with van der Waals surface area (Å²) in [4.78, 5) is 3.07. The van der Waals surface area contributed by atoms with Crippen molar-refractivity contribution in [3.63, 3.8) is 0 Å². The molecule has 1 aromatic rings. The highest BCUT2D eigenvalue weighted by Gasteiger charge is 2.16. The van der Waals surface area contributed by atoms with Gasteiger partial charge in [-0.2, -0.15) is 0 Å². The Morgan fingerprint density at radius 3 is 2.26 bits per heavy atom. The monoisotopic (exact) mass is 281 g/mol. The van der Waals surface area contributed by atoms with Gasteiger partial charge in [-0.05, 0) is 70.5 Å². The van der Waals surface area contributed by atoms with Gasteiger partial charge in [0.05, 0.1) is 0 Å². The molecular formula is C17H31NS. The van der Waals surface area contributed by atoms with E-state index in [2.05, 4.69) is 59.0 Å². The lowest BCUT2D eigenvalue weighted by atomic mass is 9.92. The lowest BCUT2D eigenvalue weighted by molar-refractivity contribution is 0.332. The van der Waals surface area contributed by atoms with Crippen LogP contribution < -0.4 is 5.32 Å². The Morgan fingerprint density at radius 2 is 1.79 bits per heavy atom. The standard InChI is InChI=1S/C17H31NS/c1-7-15-8-9-16(19-15)11-14(10-13(2)3)12-18-17(4,5)6/h8-9,13-14,18H,7,10-12H2,1-6H3. The third-order valence-electron chi connectivity index (χ3n) is 3.28. The molecule has 1 atom stereocenters. The highest BCUT2D eigenvalue weighted by Crippen LogP contribution is 2.23. The summed E-state index contributed by atoms with van der Waals surface area (Å²) >= 11 is 1.99. The fraction of sp³-hybridized carbons (Fsp3) is 0.765. The Labute approximate surface area is 123 Å². The van der Waals surface area contributed by atoms with Crippen LogP contribution in [0.4, 0.5) is 0 Å². The maximum absolute atomic E-state index is 3.67. The van der Waals surface area contributed by atoms with E-state index in [1.807, 2.05) is 11.3 Å². The van der Waals surface area contributed by atoms with Crippen LogP contribution in [0.5, 0.6) is 0 Å². The normalized spacial score (nSPS) is 14.1. The number of rotatable bonds is 7. The van der Waals surface area contributed by atoms with Crippen LogP contribution in [0.1, 0.15) is 57.7 Å². The molecule has 19 heavy (non-hydrogen) atoms. The average molecular weight is 282 g/mol. The first kappa shape index (κ1) is 16.7. The van der Waals surface area contributed by atoms with Gasteiger partial charge < -0.3 is 5.32 Å². The molecular weight excluding hydrogens is 250 g/mol. The van der Waals surface area contributed by atoms with Crippen LogP contribution in [0.25, 0.3) is 0 Å². The Morgan fingerprint density at radius 1 is 1.16 bits per heavy atom. The molecule has 0 amide bonds. The smallest absolute Gasteiger partial charge is 0.00966 e. The molecule has 1 heterocycles. The Bertz CT molecular complexity index is 360. The van der Waals surface area contributed by atoms with E-state index in [1.54, 1.807) is 4.88 Å². The zero-order valence-corrected chi connectivity index (χ0v) is 14.4. The summed E-state index contributed by atoms with van der Waals surface area (Å²) in [6.07, 6.45) is 3.70. The lowest BCUT2D eigenvalue weighted by Gasteiger charge is -2.26. The third kappa shape index (κ3) is 7.12. The maximum atomic E-state index is 3.67. The highest BCUT2D eigenvalue weighted by molar-refractivity contribution is 7.11. The van der Waals surface area contributed by atoms with Crippen molar-refractivity contribution in [3.8, 4) is 0 Å². The summed E-state index contributed by atoms with van der Waals surface area (Å²) in [6.45, 7) is 14.8. The summed E-state index contributed by atoms with van der Waals surface area (Å²) in [7, 11) is 0. The highest BCUT2D eigenvalue weighted by atomic mass is 32.1. The van der Waals surface area contributed by atoms with Crippen LogP contribution >= 0.6 is 11.3 Å². The van der Waals surface area contributed by atoms with E-state index in [1.165, 1.54) is 24.1 Å². The minimum absolute atomic E-state index is 0.221. The van der Waals surface area contributed by atoms with Gasteiger partial charge >= 0.3 is 0 Å². The summed E-state index contributed by atoms with van der Waals surface area (Å²) in [6, 6.07) is 4.62. The largest absolute Gasteiger partial charge is 0.312 e. The Hall–Kier alpha value is -0.340. The van der Waals surface area contributed by atoms with Crippen LogP contribution in [-0.2, 0) is 12.8 Å². The number of aryl methyl sites for hydroxylation is 1. The van der Waals surface area contributed by atoms with Crippen molar-refractivity contribution in [2.24, 2.45) is 11.8 Å². The molecule has 0 aliphatic rings. The quantitative estimate of drug-likeness (QED) is 0.749. The predicted octanol–water partition coefficient (Wildman–Crippen LogP) is 4.90. The topological polar surface area (TPSA) is 12.0 Å². The molecule has 1 N–H and O–H groups in total. The molecule has 1 aromatic heterocycles. The van der Waals surface area contributed by atoms with Gasteiger partial charge in [0.2, 0.25) is 0 Å². The molecule has 0 aliphatic carbocycles. The SMILES string of the molecule is CCc1ccc(CC(CNC(C)(C)C)CC(C)C)s1. The van der Waals surface area contributed by atoms with Gasteiger partial charge in [0.25, 0.3) is 0 Å². The van der Waals surface area contributed by atoms with E-state index in [0.29, 0.717) is 0 Å².